The maximum atomic E-state index is 2.39. The number of benzene rings is 3. The largest absolute Gasteiger partial charge is 0.0620 e. The molecule has 3 aromatic carbocycles. The maximum Gasteiger partial charge on any atom is -0.00585 e. The highest BCUT2D eigenvalue weighted by Gasteiger charge is 2.27. The van der Waals surface area contributed by atoms with Gasteiger partial charge in [-0.3, -0.25) is 0 Å². The molecular formula is C26H22. The average Bonchev–Trinajstić information content (AvgIpc) is 2.85. The third kappa shape index (κ3) is 2.37. The summed E-state index contributed by atoms with van der Waals surface area (Å²) in [5.74, 6) is 0.555. The van der Waals surface area contributed by atoms with E-state index in [1.807, 2.05) is 0 Å². The zero-order valence-corrected chi connectivity index (χ0v) is 15.1. The third-order valence-corrected chi connectivity index (χ3v) is 5.82. The van der Waals surface area contributed by atoms with Crippen LogP contribution in [0.3, 0.4) is 0 Å². The fraction of sp³-hybridized carbons (Fsp3) is 0.154. The van der Waals surface area contributed by atoms with Crippen LogP contribution in [-0.2, 0) is 6.42 Å². The molecule has 0 nitrogen and oxygen atoms in total. The molecule has 0 N–H and O–H groups in total. The normalized spacial score (nSPS) is 18.0. The van der Waals surface area contributed by atoms with Gasteiger partial charge in [-0.1, -0.05) is 91.9 Å². The number of aryl methyl sites for hydroxylation is 1. The van der Waals surface area contributed by atoms with E-state index in [0.717, 1.165) is 0 Å². The molecule has 0 heterocycles. The van der Waals surface area contributed by atoms with Gasteiger partial charge in [0, 0.05) is 0 Å². The molecule has 0 unspecified atom stereocenters. The second-order valence-electron chi connectivity index (χ2n) is 7.39. The van der Waals surface area contributed by atoms with Crippen LogP contribution in [0.2, 0.25) is 0 Å². The second kappa shape index (κ2) is 6.14. The van der Waals surface area contributed by atoms with E-state index >= 15 is 0 Å². The van der Waals surface area contributed by atoms with E-state index in [0.29, 0.717) is 5.92 Å². The van der Waals surface area contributed by atoms with Crippen molar-refractivity contribution in [3.8, 4) is 0 Å². The van der Waals surface area contributed by atoms with Crippen LogP contribution in [0, 0.1) is 5.92 Å². The lowest BCUT2D eigenvalue weighted by molar-refractivity contribution is 0.643. The molecule has 26 heavy (non-hydrogen) atoms. The van der Waals surface area contributed by atoms with Gasteiger partial charge in [0.05, 0.1) is 0 Å². The van der Waals surface area contributed by atoms with Gasteiger partial charge in [-0.2, -0.15) is 0 Å². The van der Waals surface area contributed by atoms with Crippen molar-refractivity contribution >= 4 is 23.3 Å². The van der Waals surface area contributed by atoms with E-state index in [1.165, 1.54) is 57.4 Å². The van der Waals surface area contributed by atoms with Gasteiger partial charge in [-0.25, -0.2) is 0 Å². The first-order valence-electron chi connectivity index (χ1n) is 9.52. The summed E-state index contributed by atoms with van der Waals surface area (Å²) in [5.41, 5.74) is 11.2. The predicted octanol–water partition coefficient (Wildman–Crippen LogP) is 6.71. The van der Waals surface area contributed by atoms with E-state index in [9.17, 15) is 0 Å². The van der Waals surface area contributed by atoms with Crippen LogP contribution in [-0.4, -0.2) is 0 Å². The minimum Gasteiger partial charge on any atom is -0.0620 e. The van der Waals surface area contributed by atoms with Crippen LogP contribution in [0.5, 0.6) is 0 Å². The van der Waals surface area contributed by atoms with Crippen molar-refractivity contribution in [1.29, 1.82) is 0 Å². The summed E-state index contributed by atoms with van der Waals surface area (Å²) in [4.78, 5) is 0. The van der Waals surface area contributed by atoms with E-state index in [4.69, 9.17) is 0 Å². The third-order valence-electron chi connectivity index (χ3n) is 5.82. The highest BCUT2D eigenvalue weighted by Crippen LogP contribution is 2.45. The maximum absolute atomic E-state index is 2.39. The van der Waals surface area contributed by atoms with Gasteiger partial charge in [0.2, 0.25) is 0 Å². The Bertz CT molecular complexity index is 997. The van der Waals surface area contributed by atoms with Gasteiger partial charge in [0.15, 0.2) is 0 Å². The summed E-state index contributed by atoms with van der Waals surface area (Å²) >= 11 is 0. The molecule has 0 amide bonds. The Hall–Kier alpha value is -2.86. The molecule has 5 rings (SSSR count). The van der Waals surface area contributed by atoms with E-state index < -0.39 is 0 Å². The molecule has 0 saturated heterocycles. The standard InChI is InChI=1S/C26H22/c1-18-14-15-19-8-2-5-11-22(19)25(18)26-23-12-6-3-9-20(23)16-17-21-10-4-7-13-24(21)26/h2-13,16-18H,14-15H2,1H3/t18-/m1/s1. The molecule has 2 aliphatic carbocycles. The molecule has 1 atom stereocenters. The minimum atomic E-state index is 0.555. The first-order chi connectivity index (χ1) is 12.8. The number of hydrogen-bond donors (Lipinski definition) is 0. The Kier molecular flexibility index (Phi) is 3.64. The molecule has 2 aliphatic rings. The van der Waals surface area contributed by atoms with Gasteiger partial charge in [0.25, 0.3) is 0 Å². The molecule has 0 saturated carbocycles. The van der Waals surface area contributed by atoms with Crippen LogP contribution in [0.15, 0.2) is 72.8 Å². The molecule has 0 radical (unpaired) electrons. The lowest BCUT2D eigenvalue weighted by Gasteiger charge is -2.29. The number of hydrogen-bond acceptors (Lipinski definition) is 0. The quantitative estimate of drug-likeness (QED) is 0.335. The van der Waals surface area contributed by atoms with Gasteiger partial charge in [-0.05, 0) is 63.3 Å². The number of fused-ring (bicyclic) bond motifs is 3. The molecule has 3 aromatic rings. The number of allylic oxidation sites excluding steroid dienone is 1. The second-order valence-corrected chi connectivity index (χ2v) is 7.39. The number of rotatable bonds is 0. The Morgan fingerprint density at radius 3 is 1.85 bits per heavy atom. The summed E-state index contributed by atoms with van der Waals surface area (Å²) in [6.45, 7) is 2.39. The molecule has 0 heteroatoms. The monoisotopic (exact) mass is 334 g/mol. The van der Waals surface area contributed by atoms with Crippen molar-refractivity contribution in [2.75, 3.05) is 0 Å². The summed E-state index contributed by atoms with van der Waals surface area (Å²) in [5, 5.41) is 0. The van der Waals surface area contributed by atoms with Crippen molar-refractivity contribution in [1.82, 2.24) is 0 Å². The lowest BCUT2D eigenvalue weighted by Crippen LogP contribution is -2.13. The molecule has 0 aromatic heterocycles. The molecule has 126 valence electrons. The zero-order valence-electron chi connectivity index (χ0n) is 15.1. The average molecular weight is 334 g/mol. The summed E-state index contributed by atoms with van der Waals surface area (Å²) in [7, 11) is 0. The van der Waals surface area contributed by atoms with Crippen molar-refractivity contribution in [2.45, 2.75) is 19.8 Å². The molecule has 0 spiro atoms. The first-order valence-corrected chi connectivity index (χ1v) is 9.52. The summed E-state index contributed by atoms with van der Waals surface area (Å²) in [6, 6.07) is 26.6. The minimum absolute atomic E-state index is 0.555. The van der Waals surface area contributed by atoms with Crippen LogP contribution < -0.4 is 0 Å². The zero-order chi connectivity index (χ0) is 17.5. The highest BCUT2D eigenvalue weighted by molar-refractivity contribution is 6.05. The topological polar surface area (TPSA) is 0 Å². The fourth-order valence-corrected chi connectivity index (χ4v) is 4.52. The highest BCUT2D eigenvalue weighted by atomic mass is 14.3. The van der Waals surface area contributed by atoms with Gasteiger partial charge >= 0.3 is 0 Å². The van der Waals surface area contributed by atoms with Gasteiger partial charge in [-0.15, -0.1) is 0 Å². The Balaban J connectivity index is 1.92. The van der Waals surface area contributed by atoms with Gasteiger partial charge < -0.3 is 0 Å². The first kappa shape index (κ1) is 15.4. The molecule has 0 bridgehead atoms. The SMILES string of the molecule is C[C@@H]1CCc2ccccc2C1=C1c2ccccc2C=Cc2ccccc21. The molecule has 0 aliphatic heterocycles. The predicted molar refractivity (Wildman–Crippen MR) is 112 cm³/mol. The van der Waals surface area contributed by atoms with Crippen molar-refractivity contribution in [3.05, 3.63) is 106 Å². The van der Waals surface area contributed by atoms with Crippen molar-refractivity contribution in [3.63, 3.8) is 0 Å². The van der Waals surface area contributed by atoms with Crippen LogP contribution in [0.4, 0.5) is 0 Å². The molecule has 0 fully saturated rings. The fourth-order valence-electron chi connectivity index (χ4n) is 4.52. The van der Waals surface area contributed by atoms with Crippen LogP contribution in [0.25, 0.3) is 23.3 Å². The smallest absolute Gasteiger partial charge is 0.00585 e. The van der Waals surface area contributed by atoms with E-state index in [-0.39, 0.29) is 0 Å². The Morgan fingerprint density at radius 2 is 1.19 bits per heavy atom. The lowest BCUT2D eigenvalue weighted by atomic mass is 9.75. The Morgan fingerprint density at radius 1 is 0.654 bits per heavy atom. The van der Waals surface area contributed by atoms with E-state index in [2.05, 4.69) is 91.9 Å². The molecular weight excluding hydrogens is 312 g/mol. The van der Waals surface area contributed by atoms with Gasteiger partial charge in [0.1, 0.15) is 0 Å². The Labute approximate surface area is 155 Å². The van der Waals surface area contributed by atoms with Crippen LogP contribution in [0.1, 0.15) is 46.7 Å². The summed E-state index contributed by atoms with van der Waals surface area (Å²) < 4.78 is 0. The van der Waals surface area contributed by atoms with E-state index in [1.54, 1.807) is 0 Å². The van der Waals surface area contributed by atoms with Crippen molar-refractivity contribution in [2.24, 2.45) is 5.92 Å². The van der Waals surface area contributed by atoms with Crippen molar-refractivity contribution < 1.29 is 0 Å². The summed E-state index contributed by atoms with van der Waals surface area (Å²) in [6.07, 6.45) is 6.92. The van der Waals surface area contributed by atoms with Crippen LogP contribution >= 0.6 is 0 Å².